The van der Waals surface area contributed by atoms with E-state index in [4.69, 9.17) is 24.7 Å². The van der Waals surface area contributed by atoms with Gasteiger partial charge in [-0.05, 0) is 91.9 Å². The summed E-state index contributed by atoms with van der Waals surface area (Å²) in [5.41, 5.74) is 5.39. The van der Waals surface area contributed by atoms with E-state index in [1.807, 2.05) is 0 Å². The first-order chi connectivity index (χ1) is 19.9. The van der Waals surface area contributed by atoms with E-state index in [9.17, 15) is 14.4 Å². The van der Waals surface area contributed by atoms with Crippen LogP contribution in [0.3, 0.4) is 0 Å². The predicted molar refractivity (Wildman–Crippen MR) is 156 cm³/mol. The molecule has 6 aliphatic rings. The molecule has 4 saturated carbocycles. The number of allylic oxidation sites excluding steroid dienone is 1. The van der Waals surface area contributed by atoms with Crippen LogP contribution in [0.2, 0.25) is 0 Å². The third-order valence-corrected chi connectivity index (χ3v) is 11.0. The zero-order chi connectivity index (χ0) is 30.3. The summed E-state index contributed by atoms with van der Waals surface area (Å²) in [6.45, 7) is 9.37. The van der Waals surface area contributed by atoms with Crippen LogP contribution < -0.4 is 16.4 Å². The average molecular weight is 590 g/mol. The van der Waals surface area contributed by atoms with Gasteiger partial charge in [0.25, 0.3) is 0 Å². The Morgan fingerprint density at radius 3 is 2.21 bits per heavy atom. The van der Waals surface area contributed by atoms with Gasteiger partial charge in [0, 0.05) is 30.4 Å². The van der Waals surface area contributed by atoms with E-state index in [1.54, 1.807) is 14.0 Å². The molecule has 10 heteroatoms. The molecule has 6 rings (SSSR count). The van der Waals surface area contributed by atoms with Gasteiger partial charge >= 0.3 is 5.97 Å². The third-order valence-electron chi connectivity index (χ3n) is 11.0. The Bertz CT molecular complexity index is 1060. The highest BCUT2D eigenvalue weighted by Gasteiger charge is 2.72. The summed E-state index contributed by atoms with van der Waals surface area (Å²) in [6, 6.07) is -0.750. The number of carbonyl (C=O) groups is 3. The quantitative estimate of drug-likeness (QED) is 0.136. The number of methoxy groups -OCH3 is 1. The van der Waals surface area contributed by atoms with E-state index in [0.717, 1.165) is 25.9 Å². The Morgan fingerprint density at radius 2 is 1.67 bits per heavy atom. The van der Waals surface area contributed by atoms with Crippen LogP contribution in [-0.2, 0) is 33.3 Å². The highest BCUT2D eigenvalue weighted by molar-refractivity contribution is 5.87. The highest BCUT2D eigenvalue weighted by atomic mass is 16.6. The molecule has 236 valence electrons. The normalized spacial score (nSPS) is 40.6. The van der Waals surface area contributed by atoms with Gasteiger partial charge in [-0.3, -0.25) is 14.4 Å². The minimum Gasteiger partial charge on any atom is -0.464 e. The molecule has 42 heavy (non-hydrogen) atoms. The maximum atomic E-state index is 13.9. The molecule has 2 saturated heterocycles. The van der Waals surface area contributed by atoms with Gasteiger partial charge in [-0.25, -0.2) is 0 Å². The molecular weight excluding hydrogens is 538 g/mol. The van der Waals surface area contributed by atoms with Gasteiger partial charge in [0.15, 0.2) is 0 Å². The number of hydrogen-bond donors (Lipinski definition) is 3. The van der Waals surface area contributed by atoms with Crippen LogP contribution in [0.4, 0.5) is 0 Å². The van der Waals surface area contributed by atoms with Crippen LogP contribution in [0.25, 0.3) is 0 Å². The van der Waals surface area contributed by atoms with Crippen molar-refractivity contribution in [3.8, 4) is 0 Å². The van der Waals surface area contributed by atoms with Crippen LogP contribution in [0.5, 0.6) is 0 Å². The molecule has 2 bridgehead atoms. The number of amides is 2. The van der Waals surface area contributed by atoms with Crippen molar-refractivity contribution in [3.63, 3.8) is 0 Å². The second-order valence-corrected chi connectivity index (χ2v) is 14.1. The van der Waals surface area contributed by atoms with E-state index >= 15 is 0 Å². The van der Waals surface area contributed by atoms with Crippen molar-refractivity contribution in [2.75, 3.05) is 26.9 Å². The fourth-order valence-corrected chi connectivity index (χ4v) is 8.10. The summed E-state index contributed by atoms with van der Waals surface area (Å²) < 4.78 is 23.7. The van der Waals surface area contributed by atoms with E-state index < -0.39 is 22.8 Å². The van der Waals surface area contributed by atoms with Crippen molar-refractivity contribution in [3.05, 3.63) is 11.6 Å². The molecule has 0 aromatic heterocycles. The van der Waals surface area contributed by atoms with Crippen LogP contribution in [-0.4, -0.2) is 80.1 Å². The summed E-state index contributed by atoms with van der Waals surface area (Å²) in [7, 11) is 1.74. The molecule has 0 unspecified atom stereocenters. The number of nitrogens with two attached hydrogens (primary N) is 1. The molecule has 0 aromatic rings. The Labute approximate surface area is 250 Å². The SMILES string of the molecule is CO[C@@H]1[C@H](NC(=O)C23CCC(C(=O)NCCCOC(=O)[C@H](C)N)(CC2)CC3)CC[C@]2(CO2)[C@H]1[C@]1(C)O[C@@H]1CC=C(C)C. The number of esters is 1. The molecule has 0 aromatic carbocycles. The first-order valence-corrected chi connectivity index (χ1v) is 15.9. The van der Waals surface area contributed by atoms with Gasteiger partial charge in [-0.1, -0.05) is 11.6 Å². The number of nitrogens with one attached hydrogen (secondary N) is 2. The van der Waals surface area contributed by atoms with Crippen molar-refractivity contribution in [2.24, 2.45) is 22.5 Å². The van der Waals surface area contributed by atoms with E-state index in [-0.39, 0.29) is 53.8 Å². The highest BCUT2D eigenvalue weighted by Crippen LogP contribution is 2.60. The smallest absolute Gasteiger partial charge is 0.322 e. The van der Waals surface area contributed by atoms with Gasteiger partial charge in [0.05, 0.1) is 37.1 Å². The lowest BCUT2D eigenvalue weighted by molar-refractivity contribution is -0.153. The standard InChI is InChI=1S/C32H51N3O7/c1-20(2)7-8-23-29(4,42-23)25-24(39-5)22(9-10-32(25)19-41-32)35-28(38)31-14-11-30(12-15-31,13-16-31)27(37)34-17-6-18-40-26(36)21(3)33/h7,21-25H,6,8-19,33H2,1-5H3,(H,34,37)(H,35,38)/t21-,22+,23+,24+,25+,29+,30?,31?,32-/m0/s1. The Hall–Kier alpha value is -2.01. The Kier molecular flexibility index (Phi) is 8.84. The summed E-state index contributed by atoms with van der Waals surface area (Å²) in [5.74, 6) is -0.222. The summed E-state index contributed by atoms with van der Waals surface area (Å²) in [6.07, 6.45) is 9.56. The van der Waals surface area contributed by atoms with Crippen LogP contribution in [0.15, 0.2) is 11.6 Å². The minimum atomic E-state index is -0.648. The molecule has 10 nitrogen and oxygen atoms in total. The third kappa shape index (κ3) is 5.88. The van der Waals surface area contributed by atoms with Crippen LogP contribution in [0, 0.1) is 16.7 Å². The summed E-state index contributed by atoms with van der Waals surface area (Å²) >= 11 is 0. The van der Waals surface area contributed by atoms with Gasteiger partial charge < -0.3 is 35.3 Å². The molecule has 4 aliphatic carbocycles. The molecule has 2 amide bonds. The largest absolute Gasteiger partial charge is 0.464 e. The lowest BCUT2D eigenvalue weighted by Crippen LogP contribution is -2.62. The maximum Gasteiger partial charge on any atom is 0.322 e. The maximum absolute atomic E-state index is 13.9. The fraction of sp³-hybridized carbons (Fsp3) is 0.844. The van der Waals surface area contributed by atoms with Crippen LogP contribution >= 0.6 is 0 Å². The van der Waals surface area contributed by atoms with Gasteiger partial charge in [0.2, 0.25) is 11.8 Å². The monoisotopic (exact) mass is 589 g/mol. The lowest BCUT2D eigenvalue weighted by Gasteiger charge is -2.52. The number of hydrogen-bond acceptors (Lipinski definition) is 8. The predicted octanol–water partition coefficient (Wildman–Crippen LogP) is 2.92. The first kappa shape index (κ1) is 31.4. The van der Waals surface area contributed by atoms with Gasteiger partial charge in [-0.2, -0.15) is 0 Å². The number of carbonyl (C=O) groups excluding carboxylic acids is 3. The van der Waals surface area contributed by atoms with E-state index in [2.05, 4.69) is 37.5 Å². The van der Waals surface area contributed by atoms with E-state index in [0.29, 0.717) is 51.5 Å². The first-order valence-electron chi connectivity index (χ1n) is 15.9. The molecule has 7 atom stereocenters. The summed E-state index contributed by atoms with van der Waals surface area (Å²) in [5, 5.41) is 6.48. The van der Waals surface area contributed by atoms with Crippen LogP contribution in [0.1, 0.15) is 91.9 Å². The molecule has 0 radical (unpaired) electrons. The van der Waals surface area contributed by atoms with Crippen molar-refractivity contribution in [1.29, 1.82) is 0 Å². The van der Waals surface area contributed by atoms with Gasteiger partial charge in [0.1, 0.15) is 11.6 Å². The Balaban J connectivity index is 1.15. The molecule has 2 aliphatic heterocycles. The molecule has 6 fully saturated rings. The van der Waals surface area contributed by atoms with E-state index in [1.165, 1.54) is 5.57 Å². The second kappa shape index (κ2) is 11.8. The zero-order valence-electron chi connectivity index (χ0n) is 26.1. The number of rotatable bonds is 12. The molecule has 2 heterocycles. The average Bonchev–Trinajstić information content (AvgIpc) is 3.89. The number of fused-ring (bicyclic) bond motifs is 3. The Morgan fingerprint density at radius 1 is 1.05 bits per heavy atom. The minimum absolute atomic E-state index is 0.0541. The molecule has 4 N–H and O–H groups in total. The lowest BCUT2D eigenvalue weighted by atomic mass is 9.53. The number of epoxide rings is 2. The molecular formula is C32H51N3O7. The fourth-order valence-electron chi connectivity index (χ4n) is 8.10. The summed E-state index contributed by atoms with van der Waals surface area (Å²) in [4.78, 5) is 38.6. The molecule has 1 spiro atoms. The zero-order valence-corrected chi connectivity index (χ0v) is 26.1. The van der Waals surface area contributed by atoms with Crippen molar-refractivity contribution in [1.82, 2.24) is 10.6 Å². The van der Waals surface area contributed by atoms with Crippen molar-refractivity contribution in [2.45, 2.75) is 127 Å². The van der Waals surface area contributed by atoms with Gasteiger partial charge in [-0.15, -0.1) is 0 Å². The number of ether oxygens (including phenoxy) is 4. The topological polar surface area (TPSA) is 145 Å². The van der Waals surface area contributed by atoms with Crippen molar-refractivity contribution >= 4 is 17.8 Å². The van der Waals surface area contributed by atoms with Crippen molar-refractivity contribution < 1.29 is 33.3 Å². The second-order valence-electron chi connectivity index (χ2n) is 14.1.